The number of anilines is 1. The molecule has 0 unspecified atom stereocenters. The van der Waals surface area contributed by atoms with Gasteiger partial charge in [-0.3, -0.25) is 4.79 Å². The van der Waals surface area contributed by atoms with Crippen molar-refractivity contribution in [1.82, 2.24) is 4.98 Å². The quantitative estimate of drug-likeness (QED) is 0.560. The predicted octanol–water partition coefficient (Wildman–Crippen LogP) is 4.77. The molecule has 1 aromatic carbocycles. The largest absolute Gasteiger partial charge is 0.493 e. The van der Waals surface area contributed by atoms with E-state index in [1.54, 1.807) is 25.4 Å². The van der Waals surface area contributed by atoms with Crippen LogP contribution in [0.25, 0.3) is 0 Å². The molecule has 0 fully saturated rings. The SMILES string of the molecule is CCSCc1ccnc(NC(=O)c2ccc(COc3ccccc3OC)o2)c1. The number of para-hydroxylation sites is 2. The summed E-state index contributed by atoms with van der Waals surface area (Å²) in [7, 11) is 1.58. The number of pyridine rings is 1. The van der Waals surface area contributed by atoms with Gasteiger partial charge in [-0.25, -0.2) is 4.98 Å². The zero-order chi connectivity index (χ0) is 19.8. The Kier molecular flexibility index (Phi) is 6.97. The molecule has 1 amide bonds. The highest BCUT2D eigenvalue weighted by atomic mass is 32.2. The van der Waals surface area contributed by atoms with E-state index in [-0.39, 0.29) is 18.3 Å². The summed E-state index contributed by atoms with van der Waals surface area (Å²) in [4.78, 5) is 16.6. The molecule has 1 N–H and O–H groups in total. The van der Waals surface area contributed by atoms with Crippen LogP contribution in [-0.2, 0) is 12.4 Å². The van der Waals surface area contributed by atoms with Crippen molar-refractivity contribution >= 4 is 23.5 Å². The fraction of sp³-hybridized carbons (Fsp3) is 0.238. The monoisotopic (exact) mass is 398 g/mol. The van der Waals surface area contributed by atoms with Gasteiger partial charge in [-0.1, -0.05) is 19.1 Å². The molecular weight excluding hydrogens is 376 g/mol. The lowest BCUT2D eigenvalue weighted by Gasteiger charge is -2.08. The van der Waals surface area contributed by atoms with E-state index in [1.165, 1.54) is 0 Å². The molecule has 0 radical (unpaired) electrons. The molecule has 3 rings (SSSR count). The smallest absolute Gasteiger partial charge is 0.292 e. The van der Waals surface area contributed by atoms with Crippen LogP contribution in [-0.4, -0.2) is 23.8 Å². The molecule has 2 aromatic heterocycles. The number of methoxy groups -OCH3 is 1. The van der Waals surface area contributed by atoms with E-state index >= 15 is 0 Å². The molecule has 3 aromatic rings. The van der Waals surface area contributed by atoms with E-state index < -0.39 is 0 Å². The third kappa shape index (κ3) is 5.29. The number of carbonyl (C=O) groups excluding carboxylic acids is 1. The molecule has 0 atom stereocenters. The number of hydrogen-bond donors (Lipinski definition) is 1. The van der Waals surface area contributed by atoms with Gasteiger partial charge in [0.2, 0.25) is 0 Å². The van der Waals surface area contributed by atoms with Crippen molar-refractivity contribution in [3.05, 3.63) is 71.8 Å². The fourth-order valence-corrected chi connectivity index (χ4v) is 3.11. The Labute approximate surface area is 168 Å². The Morgan fingerprint density at radius 1 is 1.18 bits per heavy atom. The van der Waals surface area contributed by atoms with Crippen molar-refractivity contribution in [2.75, 3.05) is 18.2 Å². The van der Waals surface area contributed by atoms with Crippen LogP contribution in [0.15, 0.2) is 59.1 Å². The maximum Gasteiger partial charge on any atom is 0.292 e. The number of amides is 1. The number of rotatable bonds is 9. The summed E-state index contributed by atoms with van der Waals surface area (Å²) >= 11 is 1.81. The molecule has 0 aliphatic heterocycles. The van der Waals surface area contributed by atoms with Gasteiger partial charge >= 0.3 is 0 Å². The first-order valence-electron chi connectivity index (χ1n) is 8.88. The van der Waals surface area contributed by atoms with Gasteiger partial charge in [0.05, 0.1) is 7.11 Å². The molecule has 7 heteroatoms. The third-order valence-electron chi connectivity index (χ3n) is 3.86. The molecule has 0 bridgehead atoms. The molecule has 146 valence electrons. The standard InChI is InChI=1S/C21H22N2O4S/c1-3-28-14-15-10-11-22-20(12-15)23-21(24)19-9-8-16(27-19)13-26-18-7-5-4-6-17(18)25-2/h4-12H,3,13-14H2,1-2H3,(H,22,23,24). The number of nitrogens with one attached hydrogen (secondary N) is 1. The van der Waals surface area contributed by atoms with E-state index in [2.05, 4.69) is 17.2 Å². The predicted molar refractivity (Wildman–Crippen MR) is 110 cm³/mol. The van der Waals surface area contributed by atoms with E-state index in [4.69, 9.17) is 13.9 Å². The van der Waals surface area contributed by atoms with Gasteiger partial charge in [-0.2, -0.15) is 11.8 Å². The van der Waals surface area contributed by atoms with E-state index in [1.807, 2.05) is 48.2 Å². The van der Waals surface area contributed by atoms with E-state index in [9.17, 15) is 4.79 Å². The minimum Gasteiger partial charge on any atom is -0.493 e. The van der Waals surface area contributed by atoms with Crippen molar-refractivity contribution in [3.8, 4) is 11.5 Å². The number of ether oxygens (including phenoxy) is 2. The van der Waals surface area contributed by atoms with Gasteiger partial charge < -0.3 is 19.2 Å². The van der Waals surface area contributed by atoms with Crippen LogP contribution >= 0.6 is 11.8 Å². The van der Waals surface area contributed by atoms with Crippen LogP contribution in [0.1, 0.15) is 28.8 Å². The first-order valence-corrected chi connectivity index (χ1v) is 10.0. The average molecular weight is 398 g/mol. The summed E-state index contributed by atoms with van der Waals surface area (Å²) in [5.41, 5.74) is 1.11. The van der Waals surface area contributed by atoms with Gasteiger partial charge in [-0.15, -0.1) is 0 Å². The number of hydrogen-bond acceptors (Lipinski definition) is 6. The zero-order valence-corrected chi connectivity index (χ0v) is 16.6. The highest BCUT2D eigenvalue weighted by Crippen LogP contribution is 2.27. The summed E-state index contributed by atoms with van der Waals surface area (Å²) < 4.78 is 16.6. The molecule has 6 nitrogen and oxygen atoms in total. The maximum atomic E-state index is 12.4. The summed E-state index contributed by atoms with van der Waals surface area (Å²) in [6.45, 7) is 2.30. The molecule has 0 saturated heterocycles. The summed E-state index contributed by atoms with van der Waals surface area (Å²) in [5.74, 6) is 4.06. The second-order valence-corrected chi connectivity index (χ2v) is 7.12. The molecular formula is C21H22N2O4S. The van der Waals surface area contributed by atoms with E-state index in [0.717, 1.165) is 17.1 Å². The molecule has 0 aliphatic carbocycles. The average Bonchev–Trinajstić information content (AvgIpc) is 3.20. The summed E-state index contributed by atoms with van der Waals surface area (Å²) in [5, 5.41) is 2.77. The minimum atomic E-state index is -0.351. The Balaban J connectivity index is 1.59. The van der Waals surface area contributed by atoms with Gasteiger partial charge in [0, 0.05) is 11.9 Å². The minimum absolute atomic E-state index is 0.190. The van der Waals surface area contributed by atoms with Gasteiger partial charge in [0.25, 0.3) is 5.91 Å². The maximum absolute atomic E-state index is 12.4. The lowest BCUT2D eigenvalue weighted by Crippen LogP contribution is -2.12. The highest BCUT2D eigenvalue weighted by Gasteiger charge is 2.13. The summed E-state index contributed by atoms with van der Waals surface area (Å²) in [6, 6.07) is 14.5. The number of thioether (sulfide) groups is 1. The Bertz CT molecular complexity index is 926. The van der Waals surface area contributed by atoms with Crippen LogP contribution in [0.4, 0.5) is 5.82 Å². The van der Waals surface area contributed by atoms with Crippen molar-refractivity contribution in [3.63, 3.8) is 0 Å². The second kappa shape index (κ2) is 9.85. The molecule has 2 heterocycles. The highest BCUT2D eigenvalue weighted by molar-refractivity contribution is 7.98. The molecule has 0 spiro atoms. The second-order valence-electron chi connectivity index (χ2n) is 5.85. The summed E-state index contributed by atoms with van der Waals surface area (Å²) in [6.07, 6.45) is 1.69. The molecule has 0 aliphatic rings. The van der Waals surface area contributed by atoms with Crippen LogP contribution in [0, 0.1) is 0 Å². The Hall–Kier alpha value is -2.93. The third-order valence-corrected chi connectivity index (χ3v) is 4.81. The Morgan fingerprint density at radius 3 is 2.79 bits per heavy atom. The van der Waals surface area contributed by atoms with Crippen molar-refractivity contribution < 1.29 is 18.7 Å². The first kappa shape index (κ1) is 19.8. The Morgan fingerprint density at radius 2 is 2.00 bits per heavy atom. The van der Waals surface area contributed by atoms with Gasteiger partial charge in [0.1, 0.15) is 18.2 Å². The number of nitrogens with zero attached hydrogens (tertiary/aromatic N) is 1. The van der Waals surface area contributed by atoms with Gasteiger partial charge in [-0.05, 0) is 47.7 Å². The number of furan rings is 1. The van der Waals surface area contributed by atoms with Crippen LogP contribution < -0.4 is 14.8 Å². The van der Waals surface area contributed by atoms with E-state index in [0.29, 0.717) is 23.1 Å². The lowest BCUT2D eigenvalue weighted by molar-refractivity contribution is 0.0992. The zero-order valence-electron chi connectivity index (χ0n) is 15.8. The number of benzene rings is 1. The lowest BCUT2D eigenvalue weighted by atomic mass is 10.3. The molecule has 0 saturated carbocycles. The number of carbonyl (C=O) groups is 1. The fourth-order valence-electron chi connectivity index (χ4n) is 2.49. The number of aromatic nitrogens is 1. The van der Waals surface area contributed by atoms with Crippen LogP contribution in [0.3, 0.4) is 0 Å². The topological polar surface area (TPSA) is 73.6 Å². The normalized spacial score (nSPS) is 10.5. The molecule has 28 heavy (non-hydrogen) atoms. The van der Waals surface area contributed by atoms with Crippen molar-refractivity contribution in [2.24, 2.45) is 0 Å². The van der Waals surface area contributed by atoms with Crippen LogP contribution in [0.5, 0.6) is 11.5 Å². The van der Waals surface area contributed by atoms with Crippen molar-refractivity contribution in [2.45, 2.75) is 19.3 Å². The van der Waals surface area contributed by atoms with Gasteiger partial charge in [0.15, 0.2) is 17.3 Å². The van der Waals surface area contributed by atoms with Crippen molar-refractivity contribution in [1.29, 1.82) is 0 Å². The van der Waals surface area contributed by atoms with Crippen LogP contribution in [0.2, 0.25) is 0 Å². The first-order chi connectivity index (χ1) is 13.7.